The number of amides is 1. The van der Waals surface area contributed by atoms with Crippen LogP contribution in [0.5, 0.6) is 11.5 Å². The van der Waals surface area contributed by atoms with Gasteiger partial charge < -0.3 is 14.8 Å². The molecule has 0 bridgehead atoms. The molecule has 0 saturated heterocycles. The summed E-state index contributed by atoms with van der Waals surface area (Å²) in [7, 11) is 5.06. The van der Waals surface area contributed by atoms with Crippen LogP contribution >= 0.6 is 23.2 Å². The molecule has 0 radical (unpaired) electrons. The Kier molecular flexibility index (Phi) is 7.14. The van der Waals surface area contributed by atoms with E-state index in [9.17, 15) is 4.79 Å². The summed E-state index contributed by atoms with van der Waals surface area (Å²) in [6, 6.07) is 10.3. The average molecular weight is 397 g/mol. The van der Waals surface area contributed by atoms with Crippen molar-refractivity contribution in [2.24, 2.45) is 0 Å². The van der Waals surface area contributed by atoms with Crippen molar-refractivity contribution < 1.29 is 14.3 Å². The van der Waals surface area contributed by atoms with Crippen LogP contribution in [0.1, 0.15) is 12.5 Å². The largest absolute Gasteiger partial charge is 0.493 e. The summed E-state index contributed by atoms with van der Waals surface area (Å²) >= 11 is 12.1. The summed E-state index contributed by atoms with van der Waals surface area (Å²) in [4.78, 5) is 14.5. The Hall–Kier alpha value is -1.95. The highest BCUT2D eigenvalue weighted by atomic mass is 35.5. The van der Waals surface area contributed by atoms with E-state index < -0.39 is 0 Å². The Morgan fingerprint density at radius 1 is 1.12 bits per heavy atom. The van der Waals surface area contributed by atoms with E-state index >= 15 is 0 Å². The van der Waals surface area contributed by atoms with Crippen molar-refractivity contribution in [2.45, 2.75) is 19.5 Å². The third kappa shape index (κ3) is 5.04. The standard InChI is InChI=1S/C19H22Cl2N2O3/c1-12(19(24)22-16-10-14(20)6-7-15(16)21)23(2)11-13-5-8-17(25-3)18(9-13)26-4/h5-10,12H,11H2,1-4H3,(H,22,24)/t12-/m1/s1. The van der Waals surface area contributed by atoms with Gasteiger partial charge in [0.1, 0.15) is 0 Å². The lowest BCUT2D eigenvalue weighted by Crippen LogP contribution is -2.39. The van der Waals surface area contributed by atoms with Crippen LogP contribution in [0, 0.1) is 0 Å². The van der Waals surface area contributed by atoms with Crippen molar-refractivity contribution in [3.05, 3.63) is 52.0 Å². The molecule has 140 valence electrons. The highest BCUT2D eigenvalue weighted by Crippen LogP contribution is 2.28. The number of carbonyl (C=O) groups excluding carboxylic acids is 1. The minimum atomic E-state index is -0.377. The SMILES string of the molecule is COc1ccc(CN(C)[C@H](C)C(=O)Nc2cc(Cl)ccc2Cl)cc1OC. The number of ether oxygens (including phenoxy) is 2. The van der Waals surface area contributed by atoms with E-state index in [4.69, 9.17) is 32.7 Å². The smallest absolute Gasteiger partial charge is 0.241 e. The fourth-order valence-corrected chi connectivity index (χ4v) is 2.77. The average Bonchev–Trinajstić information content (AvgIpc) is 2.63. The van der Waals surface area contributed by atoms with E-state index in [1.54, 1.807) is 32.4 Å². The molecule has 5 nitrogen and oxygen atoms in total. The third-order valence-corrected chi connectivity index (χ3v) is 4.67. The first-order valence-corrected chi connectivity index (χ1v) is 8.78. The zero-order chi connectivity index (χ0) is 19.3. The predicted octanol–water partition coefficient (Wildman–Crippen LogP) is 4.47. The summed E-state index contributed by atoms with van der Waals surface area (Å²) in [5, 5.41) is 3.77. The van der Waals surface area contributed by atoms with E-state index in [0.717, 1.165) is 5.56 Å². The molecule has 0 saturated carbocycles. The van der Waals surface area contributed by atoms with Gasteiger partial charge in [-0.15, -0.1) is 0 Å². The van der Waals surface area contributed by atoms with Gasteiger partial charge in [0, 0.05) is 11.6 Å². The highest BCUT2D eigenvalue weighted by molar-refractivity contribution is 6.35. The molecule has 2 aromatic carbocycles. The summed E-state index contributed by atoms with van der Waals surface area (Å²) in [6.07, 6.45) is 0. The Balaban J connectivity index is 2.05. The number of likely N-dealkylation sites (N-methyl/N-ethyl adjacent to an activating group) is 1. The molecule has 1 N–H and O–H groups in total. The molecule has 1 atom stereocenters. The van der Waals surface area contributed by atoms with E-state index in [1.165, 1.54) is 0 Å². The zero-order valence-corrected chi connectivity index (χ0v) is 16.7. The minimum absolute atomic E-state index is 0.169. The van der Waals surface area contributed by atoms with Gasteiger partial charge in [0.2, 0.25) is 5.91 Å². The molecule has 0 unspecified atom stereocenters. The number of halogens is 2. The second-order valence-corrected chi connectivity index (χ2v) is 6.74. The van der Waals surface area contributed by atoms with Crippen LogP contribution < -0.4 is 14.8 Å². The number of methoxy groups -OCH3 is 2. The second-order valence-electron chi connectivity index (χ2n) is 5.89. The van der Waals surface area contributed by atoms with Gasteiger partial charge in [0.05, 0.1) is 31.0 Å². The van der Waals surface area contributed by atoms with Crippen molar-refractivity contribution in [1.29, 1.82) is 0 Å². The molecule has 0 fully saturated rings. The number of hydrogen-bond acceptors (Lipinski definition) is 4. The summed E-state index contributed by atoms with van der Waals surface area (Å²) in [6.45, 7) is 2.40. The molecule has 0 aliphatic rings. The van der Waals surface area contributed by atoms with Crippen LogP contribution in [0.15, 0.2) is 36.4 Å². The van der Waals surface area contributed by atoms with E-state index in [1.807, 2.05) is 37.1 Å². The van der Waals surface area contributed by atoms with Crippen LogP contribution in [0.2, 0.25) is 10.0 Å². The maximum absolute atomic E-state index is 12.5. The molecular formula is C19H22Cl2N2O3. The topological polar surface area (TPSA) is 50.8 Å². The summed E-state index contributed by atoms with van der Waals surface area (Å²) in [5.41, 5.74) is 1.50. The minimum Gasteiger partial charge on any atom is -0.493 e. The molecule has 2 rings (SSSR count). The van der Waals surface area contributed by atoms with Crippen LogP contribution in [0.3, 0.4) is 0 Å². The van der Waals surface area contributed by atoms with E-state index in [-0.39, 0.29) is 11.9 Å². The van der Waals surface area contributed by atoms with Crippen molar-refractivity contribution in [1.82, 2.24) is 4.90 Å². The first-order valence-electron chi connectivity index (χ1n) is 8.02. The van der Waals surface area contributed by atoms with Crippen molar-refractivity contribution in [3.8, 4) is 11.5 Å². The lowest BCUT2D eigenvalue weighted by atomic mass is 10.1. The molecule has 0 aliphatic carbocycles. The number of carbonyl (C=O) groups is 1. The Labute approximate surface area is 163 Å². The van der Waals surface area contributed by atoms with Gasteiger partial charge in [-0.2, -0.15) is 0 Å². The van der Waals surface area contributed by atoms with Crippen LogP contribution in [0.4, 0.5) is 5.69 Å². The van der Waals surface area contributed by atoms with E-state index in [2.05, 4.69) is 5.32 Å². The maximum Gasteiger partial charge on any atom is 0.241 e. The fourth-order valence-electron chi connectivity index (χ4n) is 2.43. The monoisotopic (exact) mass is 396 g/mol. The van der Waals surface area contributed by atoms with Gasteiger partial charge in [0.25, 0.3) is 0 Å². The maximum atomic E-state index is 12.5. The molecular weight excluding hydrogens is 375 g/mol. The number of benzene rings is 2. The number of anilines is 1. The number of nitrogens with zero attached hydrogens (tertiary/aromatic N) is 1. The summed E-state index contributed by atoms with van der Waals surface area (Å²) in [5.74, 6) is 1.15. The number of rotatable bonds is 7. The van der Waals surface area contributed by atoms with Crippen molar-refractivity contribution in [2.75, 3.05) is 26.6 Å². The predicted molar refractivity (Wildman–Crippen MR) is 106 cm³/mol. The molecule has 1 amide bonds. The van der Waals surface area contributed by atoms with Gasteiger partial charge >= 0.3 is 0 Å². The molecule has 0 heterocycles. The van der Waals surface area contributed by atoms with Gasteiger partial charge in [0.15, 0.2) is 11.5 Å². The molecule has 0 aromatic heterocycles. The van der Waals surface area contributed by atoms with Gasteiger partial charge in [-0.3, -0.25) is 9.69 Å². The number of hydrogen-bond donors (Lipinski definition) is 1. The highest BCUT2D eigenvalue weighted by Gasteiger charge is 2.20. The Bertz CT molecular complexity index is 783. The zero-order valence-electron chi connectivity index (χ0n) is 15.2. The fraction of sp³-hybridized carbons (Fsp3) is 0.316. The molecule has 26 heavy (non-hydrogen) atoms. The molecule has 7 heteroatoms. The molecule has 2 aromatic rings. The lowest BCUT2D eigenvalue weighted by Gasteiger charge is -2.24. The summed E-state index contributed by atoms with van der Waals surface area (Å²) < 4.78 is 10.6. The Morgan fingerprint density at radius 2 is 1.81 bits per heavy atom. The molecule has 0 spiro atoms. The van der Waals surface area contributed by atoms with Crippen molar-refractivity contribution in [3.63, 3.8) is 0 Å². The van der Waals surface area contributed by atoms with Gasteiger partial charge in [-0.1, -0.05) is 29.3 Å². The van der Waals surface area contributed by atoms with E-state index in [0.29, 0.717) is 33.8 Å². The van der Waals surface area contributed by atoms with Gasteiger partial charge in [-0.25, -0.2) is 0 Å². The lowest BCUT2D eigenvalue weighted by molar-refractivity contribution is -0.120. The van der Waals surface area contributed by atoms with Crippen LogP contribution in [0.25, 0.3) is 0 Å². The quantitative estimate of drug-likeness (QED) is 0.749. The third-order valence-electron chi connectivity index (χ3n) is 4.11. The first-order chi connectivity index (χ1) is 12.3. The van der Waals surface area contributed by atoms with Gasteiger partial charge in [-0.05, 0) is 49.9 Å². The normalized spacial score (nSPS) is 12.0. The second kappa shape index (κ2) is 9.12. The Morgan fingerprint density at radius 3 is 2.46 bits per heavy atom. The van der Waals surface area contributed by atoms with Crippen LogP contribution in [-0.4, -0.2) is 38.1 Å². The first kappa shape index (κ1) is 20.4. The molecule has 0 aliphatic heterocycles. The van der Waals surface area contributed by atoms with Crippen molar-refractivity contribution >= 4 is 34.8 Å². The van der Waals surface area contributed by atoms with Crippen LogP contribution in [-0.2, 0) is 11.3 Å². The number of nitrogens with one attached hydrogen (secondary N) is 1.